The van der Waals surface area contributed by atoms with Crippen LogP contribution in [0.4, 0.5) is 21.9 Å². The van der Waals surface area contributed by atoms with Crippen molar-refractivity contribution >= 4 is 40.6 Å². The summed E-state index contributed by atoms with van der Waals surface area (Å²) in [4.78, 5) is 36.1. The normalized spacial score (nSPS) is 11.2. The van der Waals surface area contributed by atoms with Gasteiger partial charge in [-0.2, -0.15) is 0 Å². The van der Waals surface area contributed by atoms with Gasteiger partial charge in [0.2, 0.25) is 0 Å². The van der Waals surface area contributed by atoms with E-state index in [0.29, 0.717) is 16.3 Å². The lowest BCUT2D eigenvalue weighted by Crippen LogP contribution is -2.39. The predicted octanol–water partition coefficient (Wildman–Crippen LogP) is 4.76. The van der Waals surface area contributed by atoms with Gasteiger partial charge in [0.15, 0.2) is 0 Å². The number of carbonyl (C=O) groups excluding carboxylic acids is 2. The molecular weight excluding hydrogens is 436 g/mol. The van der Waals surface area contributed by atoms with Crippen molar-refractivity contribution in [1.29, 1.82) is 0 Å². The highest BCUT2D eigenvalue weighted by atomic mass is 35.5. The number of hydrogen-bond donors (Lipinski definition) is 3. The molecule has 9 nitrogen and oxygen atoms in total. The number of benzene rings is 3. The van der Waals surface area contributed by atoms with Crippen molar-refractivity contribution in [3.8, 4) is 5.75 Å². The Kier molecular flexibility index (Phi) is 7.25. The number of nitrogens with one attached hydrogen (secondary N) is 3. The quantitative estimate of drug-likeness (QED) is 0.351. The van der Waals surface area contributed by atoms with Crippen molar-refractivity contribution in [2.45, 2.75) is 6.04 Å². The number of halogens is 1. The SMILES string of the molecule is COc1ccc([N+](=O)[O-])cc1NC(=O)NC(C(=O)Nc1ccc(Cl)cc1)c1ccccc1. The van der Waals surface area contributed by atoms with Gasteiger partial charge in [0.25, 0.3) is 11.6 Å². The molecule has 3 N–H and O–H groups in total. The zero-order valence-corrected chi connectivity index (χ0v) is 17.6. The topological polar surface area (TPSA) is 123 Å². The van der Waals surface area contributed by atoms with E-state index in [1.54, 1.807) is 54.6 Å². The van der Waals surface area contributed by atoms with Crippen LogP contribution in [0.5, 0.6) is 5.75 Å². The standard InChI is InChI=1S/C22H19ClN4O5/c1-32-19-12-11-17(27(30)31)13-18(19)25-22(29)26-20(14-5-3-2-4-6-14)21(28)24-16-9-7-15(23)8-10-16/h2-13,20H,1H3,(H,24,28)(H2,25,26,29). The Morgan fingerprint density at radius 2 is 1.69 bits per heavy atom. The number of ether oxygens (including phenoxy) is 1. The molecule has 3 amide bonds. The second-order valence-electron chi connectivity index (χ2n) is 6.58. The van der Waals surface area contributed by atoms with Gasteiger partial charge in [-0.3, -0.25) is 14.9 Å². The van der Waals surface area contributed by atoms with E-state index in [1.807, 2.05) is 0 Å². The third-order valence-corrected chi connectivity index (χ3v) is 4.68. The van der Waals surface area contributed by atoms with Gasteiger partial charge in [-0.25, -0.2) is 4.79 Å². The van der Waals surface area contributed by atoms with Crippen LogP contribution in [-0.2, 0) is 4.79 Å². The second kappa shape index (κ2) is 10.3. The van der Waals surface area contributed by atoms with Gasteiger partial charge >= 0.3 is 6.03 Å². The first-order chi connectivity index (χ1) is 15.4. The summed E-state index contributed by atoms with van der Waals surface area (Å²) in [5.41, 5.74) is 0.910. The minimum Gasteiger partial charge on any atom is -0.495 e. The number of non-ortho nitro benzene ring substituents is 1. The maximum Gasteiger partial charge on any atom is 0.320 e. The average Bonchev–Trinajstić information content (AvgIpc) is 2.79. The summed E-state index contributed by atoms with van der Waals surface area (Å²) in [5, 5.41) is 19.4. The van der Waals surface area contributed by atoms with Gasteiger partial charge in [0.05, 0.1) is 17.7 Å². The molecule has 32 heavy (non-hydrogen) atoms. The molecule has 164 valence electrons. The monoisotopic (exact) mass is 454 g/mol. The molecule has 0 aliphatic rings. The fraction of sp³-hybridized carbons (Fsp3) is 0.0909. The summed E-state index contributed by atoms with van der Waals surface area (Å²) < 4.78 is 5.15. The molecule has 1 unspecified atom stereocenters. The molecule has 10 heteroatoms. The van der Waals surface area contributed by atoms with Gasteiger partial charge in [-0.15, -0.1) is 0 Å². The summed E-state index contributed by atoms with van der Waals surface area (Å²) >= 11 is 5.88. The molecule has 3 aromatic rings. The number of nitro groups is 1. The van der Waals surface area contributed by atoms with E-state index in [1.165, 1.54) is 25.3 Å². The highest BCUT2D eigenvalue weighted by Gasteiger charge is 2.24. The van der Waals surface area contributed by atoms with Crippen LogP contribution in [0.15, 0.2) is 72.8 Å². The Morgan fingerprint density at radius 1 is 1.00 bits per heavy atom. The lowest BCUT2D eigenvalue weighted by molar-refractivity contribution is -0.384. The Morgan fingerprint density at radius 3 is 2.31 bits per heavy atom. The molecule has 3 rings (SSSR count). The van der Waals surface area contributed by atoms with E-state index in [4.69, 9.17) is 16.3 Å². The molecule has 1 atom stereocenters. The summed E-state index contributed by atoms with van der Waals surface area (Å²) in [7, 11) is 1.37. The number of amides is 3. The van der Waals surface area contributed by atoms with Crippen molar-refractivity contribution in [3.05, 3.63) is 93.5 Å². The summed E-state index contributed by atoms with van der Waals surface area (Å²) in [5.74, 6) is -0.257. The van der Waals surface area contributed by atoms with E-state index in [0.717, 1.165) is 0 Å². The molecule has 0 saturated carbocycles. The van der Waals surface area contributed by atoms with Crippen molar-refractivity contribution in [2.75, 3.05) is 17.7 Å². The van der Waals surface area contributed by atoms with Crippen LogP contribution >= 0.6 is 11.6 Å². The first-order valence-corrected chi connectivity index (χ1v) is 9.76. The highest BCUT2D eigenvalue weighted by molar-refractivity contribution is 6.30. The summed E-state index contributed by atoms with van der Waals surface area (Å²) in [6, 6.07) is 17.2. The fourth-order valence-electron chi connectivity index (χ4n) is 2.89. The number of hydrogen-bond acceptors (Lipinski definition) is 5. The van der Waals surface area contributed by atoms with Crippen LogP contribution in [0.3, 0.4) is 0 Å². The maximum absolute atomic E-state index is 13.0. The van der Waals surface area contributed by atoms with Crippen LogP contribution in [0.25, 0.3) is 0 Å². The third-order valence-electron chi connectivity index (χ3n) is 4.42. The average molecular weight is 455 g/mol. The van der Waals surface area contributed by atoms with E-state index in [2.05, 4.69) is 16.0 Å². The van der Waals surface area contributed by atoms with Crippen LogP contribution in [0.1, 0.15) is 11.6 Å². The molecule has 0 radical (unpaired) electrons. The van der Waals surface area contributed by atoms with Crippen molar-refractivity contribution in [2.24, 2.45) is 0 Å². The minimum absolute atomic E-state index is 0.0871. The molecule has 0 heterocycles. The Hall–Kier alpha value is -4.11. The molecule has 0 bridgehead atoms. The fourth-order valence-corrected chi connectivity index (χ4v) is 3.02. The van der Waals surface area contributed by atoms with Gasteiger partial charge in [-0.1, -0.05) is 41.9 Å². The first-order valence-electron chi connectivity index (χ1n) is 9.38. The smallest absolute Gasteiger partial charge is 0.320 e. The Labute approximate surface area is 188 Å². The largest absolute Gasteiger partial charge is 0.495 e. The highest BCUT2D eigenvalue weighted by Crippen LogP contribution is 2.29. The van der Waals surface area contributed by atoms with Crippen LogP contribution in [-0.4, -0.2) is 24.0 Å². The molecule has 0 aliphatic heterocycles. The van der Waals surface area contributed by atoms with Gasteiger partial charge in [0, 0.05) is 22.8 Å². The summed E-state index contributed by atoms with van der Waals surface area (Å²) in [6.45, 7) is 0. The molecule has 0 saturated heterocycles. The number of carbonyl (C=O) groups is 2. The molecule has 3 aromatic carbocycles. The van der Waals surface area contributed by atoms with Gasteiger partial charge < -0.3 is 20.7 Å². The Bertz CT molecular complexity index is 1120. The number of anilines is 2. The molecule has 0 aromatic heterocycles. The van der Waals surface area contributed by atoms with E-state index >= 15 is 0 Å². The molecule has 0 fully saturated rings. The maximum atomic E-state index is 13.0. The van der Waals surface area contributed by atoms with Crippen molar-refractivity contribution < 1.29 is 19.2 Å². The summed E-state index contributed by atoms with van der Waals surface area (Å²) in [6.07, 6.45) is 0. The van der Waals surface area contributed by atoms with Gasteiger partial charge in [-0.05, 0) is 35.9 Å². The molecule has 0 spiro atoms. The van der Waals surface area contributed by atoms with Crippen molar-refractivity contribution in [3.63, 3.8) is 0 Å². The number of nitrogens with zero attached hydrogens (tertiary/aromatic N) is 1. The van der Waals surface area contributed by atoms with E-state index in [-0.39, 0.29) is 17.1 Å². The van der Waals surface area contributed by atoms with Crippen LogP contribution in [0.2, 0.25) is 5.02 Å². The zero-order valence-electron chi connectivity index (χ0n) is 16.9. The van der Waals surface area contributed by atoms with Crippen molar-refractivity contribution in [1.82, 2.24) is 5.32 Å². The lowest BCUT2D eigenvalue weighted by atomic mass is 10.1. The number of nitro benzene ring substituents is 1. The first kappa shape index (κ1) is 22.6. The number of methoxy groups -OCH3 is 1. The van der Waals surface area contributed by atoms with Gasteiger partial charge in [0.1, 0.15) is 11.8 Å². The predicted molar refractivity (Wildman–Crippen MR) is 121 cm³/mol. The van der Waals surface area contributed by atoms with Crippen LogP contribution < -0.4 is 20.7 Å². The Balaban J connectivity index is 1.81. The number of urea groups is 1. The molecule has 0 aliphatic carbocycles. The lowest BCUT2D eigenvalue weighted by Gasteiger charge is -2.20. The van der Waals surface area contributed by atoms with E-state index in [9.17, 15) is 19.7 Å². The zero-order chi connectivity index (χ0) is 23.1. The molecular formula is C22H19ClN4O5. The second-order valence-corrected chi connectivity index (χ2v) is 7.02. The number of rotatable bonds is 7. The minimum atomic E-state index is -1.04. The van der Waals surface area contributed by atoms with Crippen LogP contribution in [0, 0.1) is 10.1 Å². The van der Waals surface area contributed by atoms with E-state index < -0.39 is 22.9 Å². The third kappa shape index (κ3) is 5.73.